The smallest absolute Gasteiger partial charge is 0.340 e. The number of esters is 1. The zero-order valence-electron chi connectivity index (χ0n) is 10.6. The molecule has 0 N–H and O–H groups in total. The Balaban J connectivity index is 1.68. The molecule has 4 nitrogen and oxygen atoms in total. The van der Waals surface area contributed by atoms with Crippen molar-refractivity contribution in [1.82, 2.24) is 0 Å². The molecule has 0 bridgehead atoms. The average Bonchev–Trinajstić information content (AvgIpc) is 3.18. The molecule has 1 fully saturated rings. The van der Waals surface area contributed by atoms with Gasteiger partial charge in [0.2, 0.25) is 0 Å². The minimum Gasteiger partial charge on any atom is -0.494 e. The van der Waals surface area contributed by atoms with Gasteiger partial charge in [0.15, 0.2) is 5.60 Å². The first-order chi connectivity index (χ1) is 8.77. The molecule has 0 aliphatic carbocycles. The van der Waals surface area contributed by atoms with Crippen molar-refractivity contribution in [2.24, 2.45) is 0 Å². The van der Waals surface area contributed by atoms with Crippen LogP contribution in [-0.4, -0.2) is 31.4 Å². The molecule has 1 aliphatic heterocycles. The average molecular weight is 250 g/mol. The van der Waals surface area contributed by atoms with Gasteiger partial charge in [-0.05, 0) is 31.9 Å². The van der Waals surface area contributed by atoms with E-state index in [1.807, 2.05) is 30.3 Å². The molecule has 1 heterocycles. The van der Waals surface area contributed by atoms with E-state index in [0.717, 1.165) is 12.2 Å². The van der Waals surface area contributed by atoms with E-state index in [4.69, 9.17) is 14.2 Å². The highest BCUT2D eigenvalue weighted by Gasteiger charge is 2.53. The molecule has 0 amide bonds. The maximum Gasteiger partial charge on any atom is 0.340 e. The first-order valence-corrected chi connectivity index (χ1v) is 6.26. The lowest BCUT2D eigenvalue weighted by molar-refractivity contribution is -0.149. The molecule has 0 spiro atoms. The van der Waals surface area contributed by atoms with Crippen LogP contribution in [0.3, 0.4) is 0 Å². The summed E-state index contributed by atoms with van der Waals surface area (Å²) >= 11 is 0. The Labute approximate surface area is 107 Å². The number of ether oxygens (including phenoxy) is 3. The van der Waals surface area contributed by atoms with Gasteiger partial charge in [0.05, 0.1) is 19.8 Å². The van der Waals surface area contributed by atoms with E-state index in [2.05, 4.69) is 0 Å². The minimum absolute atomic E-state index is 0.246. The lowest BCUT2D eigenvalue weighted by atomic mass is 10.1. The molecular weight excluding hydrogens is 232 g/mol. The highest BCUT2D eigenvalue weighted by atomic mass is 16.6. The summed E-state index contributed by atoms with van der Waals surface area (Å²) in [6, 6.07) is 9.63. The summed E-state index contributed by atoms with van der Waals surface area (Å²) in [6.45, 7) is 3.24. The Bertz CT molecular complexity index is 384. The number of carbonyl (C=O) groups is 1. The Kier molecular flexibility index (Phi) is 4.20. The Morgan fingerprint density at radius 1 is 1.39 bits per heavy atom. The monoisotopic (exact) mass is 250 g/mol. The molecule has 0 saturated carbocycles. The molecule has 18 heavy (non-hydrogen) atoms. The summed E-state index contributed by atoms with van der Waals surface area (Å²) in [6.07, 6.45) is 1.42. The molecule has 4 heteroatoms. The number of hydrogen-bond donors (Lipinski definition) is 0. The Hall–Kier alpha value is -1.55. The van der Waals surface area contributed by atoms with Crippen molar-refractivity contribution in [2.45, 2.75) is 25.4 Å². The van der Waals surface area contributed by atoms with Crippen LogP contribution < -0.4 is 4.74 Å². The molecule has 1 aromatic carbocycles. The number of benzene rings is 1. The lowest BCUT2D eigenvalue weighted by Crippen LogP contribution is -2.27. The summed E-state index contributed by atoms with van der Waals surface area (Å²) < 4.78 is 15.8. The van der Waals surface area contributed by atoms with Crippen LogP contribution in [0.15, 0.2) is 30.3 Å². The molecule has 2 rings (SSSR count). The molecule has 0 aromatic heterocycles. The van der Waals surface area contributed by atoms with Gasteiger partial charge in [0, 0.05) is 0 Å². The van der Waals surface area contributed by atoms with Crippen molar-refractivity contribution in [3.8, 4) is 5.75 Å². The van der Waals surface area contributed by atoms with Gasteiger partial charge in [-0.3, -0.25) is 0 Å². The van der Waals surface area contributed by atoms with Crippen molar-refractivity contribution in [1.29, 1.82) is 0 Å². The maximum atomic E-state index is 11.6. The van der Waals surface area contributed by atoms with Gasteiger partial charge in [-0.2, -0.15) is 0 Å². The van der Waals surface area contributed by atoms with Crippen LogP contribution in [0.2, 0.25) is 0 Å². The number of rotatable bonds is 7. The third-order valence-electron chi connectivity index (χ3n) is 2.88. The van der Waals surface area contributed by atoms with Crippen molar-refractivity contribution in [2.75, 3.05) is 19.8 Å². The Morgan fingerprint density at radius 3 is 2.72 bits per heavy atom. The lowest BCUT2D eigenvalue weighted by Gasteiger charge is -2.11. The van der Waals surface area contributed by atoms with Crippen LogP contribution in [0, 0.1) is 0 Å². The molecule has 1 atom stereocenters. The highest BCUT2D eigenvalue weighted by molar-refractivity contribution is 5.82. The molecular formula is C14H18O4. The summed E-state index contributed by atoms with van der Waals surface area (Å²) in [7, 11) is 0. The van der Waals surface area contributed by atoms with E-state index in [1.54, 1.807) is 6.92 Å². The van der Waals surface area contributed by atoms with Crippen LogP contribution in [0.25, 0.3) is 0 Å². The van der Waals surface area contributed by atoms with Crippen molar-refractivity contribution >= 4 is 5.97 Å². The fourth-order valence-corrected chi connectivity index (χ4v) is 1.78. The molecule has 1 saturated heterocycles. The molecule has 98 valence electrons. The standard InChI is InChI=1S/C14H18O4/c1-2-16-13(15)14(11-18-14)9-6-10-17-12-7-4-3-5-8-12/h3-5,7-8H,2,6,9-11H2,1H3. The van der Waals surface area contributed by atoms with Gasteiger partial charge in [-0.25, -0.2) is 4.79 Å². The SMILES string of the molecule is CCOC(=O)C1(CCCOc2ccccc2)CO1. The molecule has 1 aromatic rings. The molecule has 0 radical (unpaired) electrons. The van der Waals surface area contributed by atoms with Crippen LogP contribution in [-0.2, 0) is 14.3 Å². The number of carbonyl (C=O) groups excluding carboxylic acids is 1. The molecule has 1 unspecified atom stereocenters. The second-order valence-corrected chi connectivity index (χ2v) is 4.27. The van der Waals surface area contributed by atoms with Gasteiger partial charge in [0.1, 0.15) is 5.75 Å². The van der Waals surface area contributed by atoms with Gasteiger partial charge in [-0.15, -0.1) is 0 Å². The largest absolute Gasteiger partial charge is 0.494 e. The van der Waals surface area contributed by atoms with Crippen LogP contribution in [0.1, 0.15) is 19.8 Å². The Morgan fingerprint density at radius 2 is 2.11 bits per heavy atom. The highest BCUT2D eigenvalue weighted by Crippen LogP contribution is 2.33. The number of para-hydroxylation sites is 1. The number of epoxide rings is 1. The fourth-order valence-electron chi connectivity index (χ4n) is 1.78. The maximum absolute atomic E-state index is 11.6. The second-order valence-electron chi connectivity index (χ2n) is 4.27. The van der Waals surface area contributed by atoms with Gasteiger partial charge < -0.3 is 14.2 Å². The predicted octanol–water partition coefficient (Wildman–Crippen LogP) is 2.18. The first kappa shape index (κ1) is 12.9. The fraction of sp³-hybridized carbons (Fsp3) is 0.500. The predicted molar refractivity (Wildman–Crippen MR) is 66.5 cm³/mol. The van der Waals surface area contributed by atoms with E-state index >= 15 is 0 Å². The van der Waals surface area contributed by atoms with Crippen LogP contribution >= 0.6 is 0 Å². The summed E-state index contributed by atoms with van der Waals surface area (Å²) in [5, 5.41) is 0. The third-order valence-corrected chi connectivity index (χ3v) is 2.88. The zero-order valence-corrected chi connectivity index (χ0v) is 10.6. The normalized spacial score (nSPS) is 21.4. The van der Waals surface area contributed by atoms with Gasteiger partial charge >= 0.3 is 5.97 Å². The number of hydrogen-bond acceptors (Lipinski definition) is 4. The van der Waals surface area contributed by atoms with Crippen LogP contribution in [0.5, 0.6) is 5.75 Å². The first-order valence-electron chi connectivity index (χ1n) is 6.26. The summed E-state index contributed by atoms with van der Waals surface area (Å²) in [4.78, 5) is 11.6. The second kappa shape index (κ2) is 5.87. The summed E-state index contributed by atoms with van der Waals surface area (Å²) in [5.41, 5.74) is -0.684. The molecule has 1 aliphatic rings. The van der Waals surface area contributed by atoms with Crippen LogP contribution in [0.4, 0.5) is 0 Å². The van der Waals surface area contributed by atoms with E-state index < -0.39 is 5.60 Å². The van der Waals surface area contributed by atoms with E-state index in [0.29, 0.717) is 26.2 Å². The quantitative estimate of drug-likeness (QED) is 0.423. The van der Waals surface area contributed by atoms with Crippen molar-refractivity contribution < 1.29 is 19.0 Å². The van der Waals surface area contributed by atoms with Gasteiger partial charge in [-0.1, -0.05) is 18.2 Å². The van der Waals surface area contributed by atoms with E-state index in [1.165, 1.54) is 0 Å². The zero-order chi connectivity index (χ0) is 12.8. The van der Waals surface area contributed by atoms with Gasteiger partial charge in [0.25, 0.3) is 0 Å². The topological polar surface area (TPSA) is 48.1 Å². The van der Waals surface area contributed by atoms with Crippen molar-refractivity contribution in [3.63, 3.8) is 0 Å². The minimum atomic E-state index is -0.684. The van der Waals surface area contributed by atoms with Crippen molar-refractivity contribution in [3.05, 3.63) is 30.3 Å². The van der Waals surface area contributed by atoms with E-state index in [-0.39, 0.29) is 5.97 Å². The van der Waals surface area contributed by atoms with E-state index in [9.17, 15) is 4.79 Å². The third kappa shape index (κ3) is 3.23. The summed E-state index contributed by atoms with van der Waals surface area (Å²) in [5.74, 6) is 0.601.